The second kappa shape index (κ2) is 11.3. The Hall–Kier alpha value is -3.51. The number of rotatable bonds is 8. The maximum atomic E-state index is 13.0. The van der Waals surface area contributed by atoms with Gasteiger partial charge in [-0.15, -0.1) is 10.2 Å². The molecule has 0 spiro atoms. The lowest BCUT2D eigenvalue weighted by Crippen LogP contribution is -2.25. The van der Waals surface area contributed by atoms with E-state index in [0.717, 1.165) is 34.6 Å². The van der Waals surface area contributed by atoms with Gasteiger partial charge in [-0.05, 0) is 44.4 Å². The van der Waals surface area contributed by atoms with Gasteiger partial charge in [0.1, 0.15) is 11.4 Å². The highest BCUT2D eigenvalue weighted by atomic mass is 32.2. The van der Waals surface area contributed by atoms with Crippen molar-refractivity contribution in [3.05, 3.63) is 89.5 Å². The number of carbonyl (C=O) groups is 1. The molecule has 178 valence electrons. The molecule has 6 heteroatoms. The summed E-state index contributed by atoms with van der Waals surface area (Å²) in [5.41, 5.74) is 7.81. The minimum absolute atomic E-state index is 0.0650. The third kappa shape index (κ3) is 6.14. The van der Waals surface area contributed by atoms with Crippen LogP contribution in [0.3, 0.4) is 0 Å². The molecule has 0 saturated carbocycles. The SMILES string of the molecule is CCc1ccc(NC(=O)[C@H](CC)Sc2nnc(-c3ccc(C)cc3)c(-c3ccc(C)cc3)n2)cc1. The first kappa shape index (κ1) is 24.6. The van der Waals surface area contributed by atoms with Crippen molar-refractivity contribution in [2.75, 3.05) is 5.32 Å². The Bertz CT molecular complexity index is 1290. The van der Waals surface area contributed by atoms with Crippen LogP contribution in [0.15, 0.2) is 78.0 Å². The lowest BCUT2D eigenvalue weighted by atomic mass is 10.0. The van der Waals surface area contributed by atoms with E-state index < -0.39 is 0 Å². The van der Waals surface area contributed by atoms with Gasteiger partial charge in [0.15, 0.2) is 0 Å². The summed E-state index contributed by atoms with van der Waals surface area (Å²) < 4.78 is 0. The minimum atomic E-state index is -0.334. The predicted molar refractivity (Wildman–Crippen MR) is 145 cm³/mol. The van der Waals surface area contributed by atoms with Crippen LogP contribution in [0.4, 0.5) is 5.69 Å². The zero-order chi connectivity index (χ0) is 24.8. The maximum Gasteiger partial charge on any atom is 0.237 e. The topological polar surface area (TPSA) is 67.8 Å². The second-order valence-electron chi connectivity index (χ2n) is 8.58. The van der Waals surface area contributed by atoms with Crippen LogP contribution in [0.5, 0.6) is 0 Å². The van der Waals surface area contributed by atoms with E-state index in [2.05, 4.69) is 72.7 Å². The van der Waals surface area contributed by atoms with Gasteiger partial charge in [-0.2, -0.15) is 0 Å². The number of nitrogens with one attached hydrogen (secondary N) is 1. The van der Waals surface area contributed by atoms with Crippen LogP contribution < -0.4 is 5.32 Å². The van der Waals surface area contributed by atoms with E-state index in [1.165, 1.54) is 28.5 Å². The molecule has 0 bridgehead atoms. The van der Waals surface area contributed by atoms with E-state index in [0.29, 0.717) is 11.6 Å². The first-order valence-corrected chi connectivity index (χ1v) is 12.8. The molecule has 0 aliphatic rings. The largest absolute Gasteiger partial charge is 0.325 e. The lowest BCUT2D eigenvalue weighted by molar-refractivity contribution is -0.115. The molecule has 5 nitrogen and oxygen atoms in total. The summed E-state index contributed by atoms with van der Waals surface area (Å²) in [4.78, 5) is 17.9. The van der Waals surface area contributed by atoms with E-state index in [-0.39, 0.29) is 11.2 Å². The molecule has 3 aromatic carbocycles. The molecule has 0 fully saturated rings. The van der Waals surface area contributed by atoms with Gasteiger partial charge in [0.25, 0.3) is 0 Å². The van der Waals surface area contributed by atoms with Crippen LogP contribution in [0.1, 0.15) is 37.0 Å². The number of thioether (sulfide) groups is 1. The van der Waals surface area contributed by atoms with E-state index in [9.17, 15) is 4.79 Å². The standard InChI is InChI=1S/C29H30N4OS/c1-5-21-11-17-24(18-12-21)30-28(34)25(6-2)35-29-31-26(22-13-7-19(3)8-14-22)27(32-33-29)23-15-9-20(4)10-16-23/h7-18,25H,5-6H2,1-4H3,(H,30,34)/t25-/m0/s1. The molecule has 4 aromatic rings. The molecule has 0 aliphatic carbocycles. The van der Waals surface area contributed by atoms with Crippen LogP contribution in [0.2, 0.25) is 0 Å². The molecule has 1 aromatic heterocycles. The molecule has 0 radical (unpaired) electrons. The van der Waals surface area contributed by atoms with Crippen LogP contribution in [-0.4, -0.2) is 26.3 Å². The van der Waals surface area contributed by atoms with Gasteiger partial charge >= 0.3 is 0 Å². The quantitative estimate of drug-likeness (QED) is 0.277. The summed E-state index contributed by atoms with van der Waals surface area (Å²) in [6.07, 6.45) is 1.61. The Balaban J connectivity index is 1.62. The number of hydrogen-bond acceptors (Lipinski definition) is 5. The Labute approximate surface area is 211 Å². The first-order valence-electron chi connectivity index (χ1n) is 11.9. The Kier molecular flexibility index (Phi) is 7.93. The number of anilines is 1. The van der Waals surface area contributed by atoms with Crippen molar-refractivity contribution in [1.82, 2.24) is 15.2 Å². The summed E-state index contributed by atoms with van der Waals surface area (Å²) in [6.45, 7) is 8.22. The molecule has 1 N–H and O–H groups in total. The zero-order valence-corrected chi connectivity index (χ0v) is 21.4. The Morgan fingerprint density at radius 2 is 1.37 bits per heavy atom. The van der Waals surface area contributed by atoms with E-state index >= 15 is 0 Å². The van der Waals surface area contributed by atoms with Crippen molar-refractivity contribution in [1.29, 1.82) is 0 Å². The maximum absolute atomic E-state index is 13.0. The molecule has 1 heterocycles. The van der Waals surface area contributed by atoms with Gasteiger partial charge in [0.05, 0.1) is 5.25 Å². The van der Waals surface area contributed by atoms with Crippen LogP contribution in [0.25, 0.3) is 22.5 Å². The number of hydrogen-bond donors (Lipinski definition) is 1. The minimum Gasteiger partial charge on any atom is -0.325 e. The number of aryl methyl sites for hydroxylation is 3. The molecule has 0 saturated heterocycles. The summed E-state index contributed by atoms with van der Waals surface area (Å²) in [6, 6.07) is 24.4. The summed E-state index contributed by atoms with van der Waals surface area (Å²) in [5, 5.41) is 12.1. The number of aromatic nitrogens is 3. The smallest absolute Gasteiger partial charge is 0.237 e. The van der Waals surface area contributed by atoms with Gasteiger partial charge in [0, 0.05) is 16.8 Å². The lowest BCUT2D eigenvalue weighted by Gasteiger charge is -2.15. The van der Waals surface area contributed by atoms with E-state index in [1.807, 2.05) is 43.3 Å². The highest BCUT2D eigenvalue weighted by Crippen LogP contribution is 2.32. The fourth-order valence-electron chi connectivity index (χ4n) is 3.68. The molecule has 0 aliphatic heterocycles. The van der Waals surface area contributed by atoms with Crippen molar-refractivity contribution in [2.24, 2.45) is 0 Å². The van der Waals surface area contributed by atoms with Crippen LogP contribution >= 0.6 is 11.8 Å². The van der Waals surface area contributed by atoms with Gasteiger partial charge in [0.2, 0.25) is 11.1 Å². The predicted octanol–water partition coefficient (Wildman–Crippen LogP) is 6.89. The van der Waals surface area contributed by atoms with Crippen molar-refractivity contribution in [3.8, 4) is 22.5 Å². The average molecular weight is 483 g/mol. The van der Waals surface area contributed by atoms with Gasteiger partial charge in [-0.25, -0.2) is 4.98 Å². The molecule has 35 heavy (non-hydrogen) atoms. The zero-order valence-electron chi connectivity index (χ0n) is 20.6. The van der Waals surface area contributed by atoms with Crippen molar-refractivity contribution >= 4 is 23.4 Å². The number of nitrogens with zero attached hydrogens (tertiary/aromatic N) is 3. The van der Waals surface area contributed by atoms with E-state index in [1.54, 1.807) is 0 Å². The summed E-state index contributed by atoms with van der Waals surface area (Å²) in [7, 11) is 0. The number of benzene rings is 3. The Morgan fingerprint density at radius 1 is 0.800 bits per heavy atom. The van der Waals surface area contributed by atoms with Crippen molar-refractivity contribution in [3.63, 3.8) is 0 Å². The number of carbonyl (C=O) groups excluding carboxylic acids is 1. The second-order valence-corrected chi connectivity index (χ2v) is 9.75. The number of amides is 1. The fraction of sp³-hybridized carbons (Fsp3) is 0.241. The third-order valence-corrected chi connectivity index (χ3v) is 7.07. The highest BCUT2D eigenvalue weighted by Gasteiger charge is 2.22. The molecular weight excluding hydrogens is 452 g/mol. The van der Waals surface area contributed by atoms with Gasteiger partial charge in [-0.1, -0.05) is 97.4 Å². The Morgan fingerprint density at radius 3 is 1.91 bits per heavy atom. The van der Waals surface area contributed by atoms with Gasteiger partial charge < -0.3 is 5.32 Å². The summed E-state index contributed by atoms with van der Waals surface area (Å²) in [5.74, 6) is -0.0650. The van der Waals surface area contributed by atoms with Crippen molar-refractivity contribution in [2.45, 2.75) is 50.9 Å². The molecular formula is C29H30N4OS. The third-order valence-electron chi connectivity index (χ3n) is 5.86. The van der Waals surface area contributed by atoms with Crippen LogP contribution in [0, 0.1) is 13.8 Å². The monoisotopic (exact) mass is 482 g/mol. The van der Waals surface area contributed by atoms with Crippen molar-refractivity contribution < 1.29 is 4.79 Å². The average Bonchev–Trinajstić information content (AvgIpc) is 2.88. The summed E-state index contributed by atoms with van der Waals surface area (Å²) >= 11 is 1.35. The molecule has 1 amide bonds. The van der Waals surface area contributed by atoms with E-state index in [4.69, 9.17) is 4.98 Å². The normalized spacial score (nSPS) is 11.8. The first-order chi connectivity index (χ1) is 17.0. The fourth-order valence-corrected chi connectivity index (χ4v) is 4.49. The van der Waals surface area contributed by atoms with Gasteiger partial charge in [-0.3, -0.25) is 4.79 Å². The molecule has 0 unspecified atom stereocenters. The molecule has 1 atom stereocenters. The highest BCUT2D eigenvalue weighted by molar-refractivity contribution is 8.00. The molecule has 4 rings (SSSR count). The van der Waals surface area contributed by atoms with Crippen LogP contribution in [-0.2, 0) is 11.2 Å².